The van der Waals surface area contributed by atoms with E-state index in [4.69, 9.17) is 5.73 Å². The van der Waals surface area contributed by atoms with E-state index >= 15 is 0 Å². The van der Waals surface area contributed by atoms with E-state index in [0.29, 0.717) is 5.56 Å². The average molecular weight is 332 g/mol. The van der Waals surface area contributed by atoms with Gasteiger partial charge >= 0.3 is 5.97 Å². The van der Waals surface area contributed by atoms with Crippen molar-refractivity contribution in [1.29, 1.82) is 0 Å². The number of nitrogens with two attached hydrogens (primary N) is 1. The Balaban J connectivity index is 2.66. The van der Waals surface area contributed by atoms with Crippen molar-refractivity contribution in [2.75, 3.05) is 12.9 Å². The van der Waals surface area contributed by atoms with Crippen LogP contribution in [0.4, 0.5) is 0 Å². The number of hydrogen-bond acceptors (Lipinski definition) is 4. The third-order valence-corrected chi connectivity index (χ3v) is 4.41. The first-order chi connectivity index (χ1) is 8.33. The molecular weight excluding hydrogens is 314 g/mol. The van der Waals surface area contributed by atoms with Gasteiger partial charge in [-0.1, -0.05) is 22.0 Å². The number of carbonyl (C=O) groups is 1. The first-order valence-electron chi connectivity index (χ1n) is 5.57. The van der Waals surface area contributed by atoms with Crippen LogP contribution in [0.1, 0.15) is 29.8 Å². The van der Waals surface area contributed by atoms with Crippen molar-refractivity contribution in [2.24, 2.45) is 5.73 Å². The summed E-state index contributed by atoms with van der Waals surface area (Å²) in [4.78, 5) is 11.4. The number of rotatable bonds is 5. The van der Waals surface area contributed by atoms with Crippen molar-refractivity contribution in [3.63, 3.8) is 0 Å². The molecule has 0 fully saturated rings. The van der Waals surface area contributed by atoms with E-state index in [2.05, 4.69) is 20.7 Å². The van der Waals surface area contributed by atoms with Gasteiger partial charge in [-0.05, 0) is 31.5 Å². The van der Waals surface area contributed by atoms with Crippen molar-refractivity contribution < 1.29 is 9.53 Å². The zero-order chi connectivity index (χ0) is 13.8. The van der Waals surface area contributed by atoms with E-state index < -0.39 is 0 Å². The molecule has 3 nitrogen and oxygen atoms in total. The van der Waals surface area contributed by atoms with E-state index in [1.54, 1.807) is 23.9 Å². The van der Waals surface area contributed by atoms with E-state index in [9.17, 15) is 4.79 Å². The smallest absolute Gasteiger partial charge is 0.337 e. The molecule has 18 heavy (non-hydrogen) atoms. The maximum absolute atomic E-state index is 11.4. The lowest BCUT2D eigenvalue weighted by Crippen LogP contribution is -2.34. The van der Waals surface area contributed by atoms with Crippen LogP contribution in [0, 0.1) is 0 Å². The first kappa shape index (κ1) is 15.5. The summed E-state index contributed by atoms with van der Waals surface area (Å²) < 4.78 is 5.60. The van der Waals surface area contributed by atoms with Gasteiger partial charge in [0, 0.05) is 21.5 Å². The van der Waals surface area contributed by atoms with Crippen molar-refractivity contribution in [1.82, 2.24) is 0 Å². The summed E-state index contributed by atoms with van der Waals surface area (Å²) in [6.45, 7) is 4.02. The molecule has 0 heterocycles. The number of carbonyl (C=O) groups excluding carboxylic acids is 1. The summed E-state index contributed by atoms with van der Waals surface area (Å²) in [5, 5.41) is 0. The third kappa shape index (κ3) is 5.00. The fourth-order valence-corrected chi connectivity index (χ4v) is 3.14. The highest BCUT2D eigenvalue weighted by Crippen LogP contribution is 2.24. The minimum absolute atomic E-state index is 0.164. The predicted molar refractivity (Wildman–Crippen MR) is 79.9 cm³/mol. The fraction of sp³-hybridized carbons (Fsp3) is 0.462. The van der Waals surface area contributed by atoms with Crippen molar-refractivity contribution in [2.45, 2.75) is 25.1 Å². The SMILES string of the molecule is COC(=O)c1ccc(CSCC(C)(C)N)c(Br)c1. The lowest BCUT2D eigenvalue weighted by Gasteiger charge is -2.17. The van der Waals surface area contributed by atoms with Crippen molar-refractivity contribution >= 4 is 33.7 Å². The number of thioether (sulfide) groups is 1. The number of hydrogen-bond donors (Lipinski definition) is 1. The molecule has 0 amide bonds. The molecule has 0 unspecified atom stereocenters. The Morgan fingerprint density at radius 3 is 2.67 bits per heavy atom. The molecule has 0 radical (unpaired) electrons. The zero-order valence-corrected chi connectivity index (χ0v) is 13.2. The monoisotopic (exact) mass is 331 g/mol. The Labute approximate surface area is 121 Å². The Morgan fingerprint density at radius 2 is 2.17 bits per heavy atom. The highest BCUT2D eigenvalue weighted by molar-refractivity contribution is 9.10. The van der Waals surface area contributed by atoms with Crippen LogP contribution in [0.2, 0.25) is 0 Å². The molecule has 2 N–H and O–H groups in total. The Bertz CT molecular complexity index is 429. The van der Waals surface area contributed by atoms with Gasteiger partial charge in [-0.2, -0.15) is 11.8 Å². The average Bonchev–Trinajstić information content (AvgIpc) is 2.28. The molecule has 1 rings (SSSR count). The molecule has 1 aromatic carbocycles. The predicted octanol–water partition coefficient (Wildman–Crippen LogP) is 3.21. The number of halogens is 1. The van der Waals surface area contributed by atoms with Gasteiger partial charge in [-0.15, -0.1) is 0 Å². The van der Waals surface area contributed by atoms with E-state index in [1.807, 2.05) is 19.9 Å². The molecule has 5 heteroatoms. The van der Waals surface area contributed by atoms with Crippen LogP contribution in [0.5, 0.6) is 0 Å². The van der Waals surface area contributed by atoms with Crippen LogP contribution in [-0.2, 0) is 10.5 Å². The second kappa shape index (κ2) is 6.59. The molecule has 0 atom stereocenters. The van der Waals surface area contributed by atoms with Crippen LogP contribution >= 0.6 is 27.7 Å². The third-order valence-electron chi connectivity index (χ3n) is 2.21. The molecule has 0 aliphatic heterocycles. The van der Waals surface area contributed by atoms with Crippen molar-refractivity contribution in [3.8, 4) is 0 Å². The van der Waals surface area contributed by atoms with Gasteiger partial charge in [-0.3, -0.25) is 0 Å². The minimum atomic E-state index is -0.321. The van der Waals surface area contributed by atoms with Gasteiger partial charge in [-0.25, -0.2) is 4.79 Å². The lowest BCUT2D eigenvalue weighted by molar-refractivity contribution is 0.0600. The molecule has 0 aliphatic rings. The summed E-state index contributed by atoms with van der Waals surface area (Å²) in [6.07, 6.45) is 0. The number of esters is 1. The van der Waals surface area contributed by atoms with E-state index in [-0.39, 0.29) is 11.5 Å². The molecule has 0 aliphatic carbocycles. The second-order valence-electron chi connectivity index (χ2n) is 4.78. The molecule has 1 aromatic rings. The lowest BCUT2D eigenvalue weighted by atomic mass is 10.1. The van der Waals surface area contributed by atoms with Crippen LogP contribution in [0.25, 0.3) is 0 Å². The molecule has 0 saturated carbocycles. The van der Waals surface area contributed by atoms with Gasteiger partial charge in [0.2, 0.25) is 0 Å². The summed E-state index contributed by atoms with van der Waals surface area (Å²) in [5.74, 6) is 1.43. The zero-order valence-electron chi connectivity index (χ0n) is 10.8. The second-order valence-corrected chi connectivity index (χ2v) is 6.62. The van der Waals surface area contributed by atoms with Crippen LogP contribution < -0.4 is 5.73 Å². The maximum Gasteiger partial charge on any atom is 0.337 e. The molecule has 0 aromatic heterocycles. The normalized spacial score (nSPS) is 11.4. The van der Waals surface area contributed by atoms with E-state index in [0.717, 1.165) is 21.5 Å². The number of benzene rings is 1. The van der Waals surface area contributed by atoms with Gasteiger partial charge < -0.3 is 10.5 Å². The Kier molecular flexibility index (Phi) is 5.69. The number of ether oxygens (including phenoxy) is 1. The summed E-state index contributed by atoms with van der Waals surface area (Å²) in [7, 11) is 1.38. The topological polar surface area (TPSA) is 52.3 Å². The highest BCUT2D eigenvalue weighted by atomic mass is 79.9. The highest BCUT2D eigenvalue weighted by Gasteiger charge is 2.12. The maximum atomic E-state index is 11.4. The summed E-state index contributed by atoms with van der Waals surface area (Å²) >= 11 is 5.25. The quantitative estimate of drug-likeness (QED) is 0.842. The first-order valence-corrected chi connectivity index (χ1v) is 7.51. The van der Waals surface area contributed by atoms with Crippen LogP contribution in [0.3, 0.4) is 0 Å². The van der Waals surface area contributed by atoms with Crippen LogP contribution in [-0.4, -0.2) is 24.4 Å². The largest absolute Gasteiger partial charge is 0.465 e. The molecule has 100 valence electrons. The summed E-state index contributed by atoms with van der Waals surface area (Å²) in [5.41, 5.74) is 7.47. The van der Waals surface area contributed by atoms with Gasteiger partial charge in [0.15, 0.2) is 0 Å². The standard InChI is InChI=1S/C13H18BrNO2S/c1-13(2,15)8-18-7-10-5-4-9(6-11(10)14)12(16)17-3/h4-6H,7-8,15H2,1-3H3. The number of methoxy groups -OCH3 is 1. The molecule has 0 spiro atoms. The minimum Gasteiger partial charge on any atom is -0.465 e. The van der Waals surface area contributed by atoms with Crippen molar-refractivity contribution in [3.05, 3.63) is 33.8 Å². The van der Waals surface area contributed by atoms with Crippen LogP contribution in [0.15, 0.2) is 22.7 Å². The molecule has 0 saturated heterocycles. The Hall–Kier alpha value is -0.520. The Morgan fingerprint density at radius 1 is 1.50 bits per heavy atom. The van der Waals surface area contributed by atoms with Gasteiger partial charge in [0.25, 0.3) is 0 Å². The molecule has 0 bridgehead atoms. The summed E-state index contributed by atoms with van der Waals surface area (Å²) in [6, 6.07) is 5.50. The van der Waals surface area contributed by atoms with Gasteiger partial charge in [0.1, 0.15) is 0 Å². The van der Waals surface area contributed by atoms with Gasteiger partial charge in [0.05, 0.1) is 12.7 Å². The fourth-order valence-electron chi connectivity index (χ4n) is 1.33. The molecular formula is C13H18BrNO2S. The van der Waals surface area contributed by atoms with E-state index in [1.165, 1.54) is 7.11 Å².